The van der Waals surface area contributed by atoms with Gasteiger partial charge in [0.2, 0.25) is 0 Å². The van der Waals surface area contributed by atoms with E-state index in [0.29, 0.717) is 17.3 Å². The van der Waals surface area contributed by atoms with Crippen molar-refractivity contribution in [3.63, 3.8) is 0 Å². The largest absolute Gasteiger partial charge is 0.478 e. The van der Waals surface area contributed by atoms with Gasteiger partial charge in [-0.15, -0.1) is 0 Å². The molecule has 0 bridgehead atoms. The maximum atomic E-state index is 11.2. The lowest BCUT2D eigenvalue weighted by Crippen LogP contribution is -2.43. The minimum Gasteiger partial charge on any atom is -0.478 e. The Labute approximate surface area is 111 Å². The number of carbonyl (C=O) groups is 1. The molecule has 0 radical (unpaired) electrons. The zero-order valence-corrected chi connectivity index (χ0v) is 10.9. The van der Waals surface area contributed by atoms with Gasteiger partial charge >= 0.3 is 5.97 Å². The van der Waals surface area contributed by atoms with Crippen molar-refractivity contribution in [1.29, 1.82) is 0 Å². The summed E-state index contributed by atoms with van der Waals surface area (Å²) in [6.07, 6.45) is 0.430. The van der Waals surface area contributed by atoms with Gasteiger partial charge in [-0.05, 0) is 30.5 Å². The van der Waals surface area contributed by atoms with Gasteiger partial charge in [-0.2, -0.15) is 0 Å². The van der Waals surface area contributed by atoms with E-state index in [1.54, 1.807) is 12.1 Å². The first-order chi connectivity index (χ1) is 8.49. The van der Waals surface area contributed by atoms with Gasteiger partial charge in [0.15, 0.2) is 0 Å². The van der Waals surface area contributed by atoms with E-state index in [1.807, 2.05) is 11.8 Å². The van der Waals surface area contributed by atoms with E-state index in [9.17, 15) is 15.0 Å². The Bertz CT molecular complexity index is 464. The summed E-state index contributed by atoms with van der Waals surface area (Å²) >= 11 is 5.82. The Morgan fingerprint density at radius 3 is 2.83 bits per heavy atom. The first-order valence-corrected chi connectivity index (χ1v) is 6.32. The van der Waals surface area contributed by atoms with Gasteiger partial charge in [-0.1, -0.05) is 18.5 Å². The van der Waals surface area contributed by atoms with Crippen LogP contribution in [-0.2, 0) is 0 Å². The van der Waals surface area contributed by atoms with E-state index < -0.39 is 12.1 Å². The number of carboxylic acid groups (broad SMARTS) is 1. The van der Waals surface area contributed by atoms with E-state index in [1.165, 1.54) is 6.07 Å². The number of benzene rings is 1. The lowest BCUT2D eigenvalue weighted by Gasteiger charge is -2.36. The van der Waals surface area contributed by atoms with E-state index >= 15 is 0 Å². The third-order valence-corrected chi connectivity index (χ3v) is 3.68. The molecular weight excluding hydrogens is 254 g/mol. The number of halogens is 1. The molecule has 98 valence electrons. The highest BCUT2D eigenvalue weighted by atomic mass is 35.5. The highest BCUT2D eigenvalue weighted by Gasteiger charge is 2.26. The Balaban J connectivity index is 2.30. The van der Waals surface area contributed by atoms with Crippen molar-refractivity contribution in [2.45, 2.75) is 19.4 Å². The first kappa shape index (κ1) is 13.2. The van der Waals surface area contributed by atoms with Gasteiger partial charge in [-0.3, -0.25) is 0 Å². The number of aliphatic hydroxyl groups is 1. The maximum Gasteiger partial charge on any atom is 0.337 e. The smallest absolute Gasteiger partial charge is 0.337 e. The van der Waals surface area contributed by atoms with Crippen molar-refractivity contribution in [3.05, 3.63) is 28.8 Å². The van der Waals surface area contributed by atoms with Crippen molar-refractivity contribution in [2.75, 3.05) is 18.0 Å². The molecule has 2 atom stereocenters. The first-order valence-electron chi connectivity index (χ1n) is 5.95. The molecule has 2 N–H and O–H groups in total. The van der Waals surface area contributed by atoms with Crippen LogP contribution in [-0.4, -0.2) is 35.4 Å². The molecule has 2 rings (SSSR count). The summed E-state index contributed by atoms with van der Waals surface area (Å²) in [5.41, 5.74) is 0.808. The quantitative estimate of drug-likeness (QED) is 0.864. The van der Waals surface area contributed by atoms with Gasteiger partial charge in [0.1, 0.15) is 0 Å². The van der Waals surface area contributed by atoms with Crippen LogP contribution < -0.4 is 4.90 Å². The van der Waals surface area contributed by atoms with Crippen molar-refractivity contribution >= 4 is 23.3 Å². The standard InChI is InChI=1S/C13H16ClNO3/c1-8-4-5-15(7-12(8)16)11-3-2-9(14)6-10(11)13(17)18/h2-3,6,8,12,16H,4-5,7H2,1H3,(H,17,18). The van der Waals surface area contributed by atoms with Crippen molar-refractivity contribution < 1.29 is 15.0 Å². The molecule has 1 fully saturated rings. The number of hydrogen-bond donors (Lipinski definition) is 2. The van der Waals surface area contributed by atoms with E-state index in [-0.39, 0.29) is 11.5 Å². The predicted octanol–water partition coefficient (Wildman–Crippen LogP) is 2.25. The molecule has 0 spiro atoms. The van der Waals surface area contributed by atoms with Crippen LogP contribution >= 0.6 is 11.6 Å². The number of piperidine rings is 1. The molecular formula is C13H16ClNO3. The fraction of sp³-hybridized carbons (Fsp3) is 0.462. The van der Waals surface area contributed by atoms with Crippen molar-refractivity contribution in [1.82, 2.24) is 0 Å². The number of rotatable bonds is 2. The van der Waals surface area contributed by atoms with Crippen LogP contribution in [0.5, 0.6) is 0 Å². The number of anilines is 1. The van der Waals surface area contributed by atoms with Gasteiger partial charge in [-0.25, -0.2) is 4.79 Å². The molecule has 5 heteroatoms. The molecule has 0 amide bonds. The second-order valence-electron chi connectivity index (χ2n) is 4.75. The maximum absolute atomic E-state index is 11.2. The van der Waals surface area contributed by atoms with Crippen molar-refractivity contribution in [2.24, 2.45) is 5.92 Å². The Kier molecular flexibility index (Phi) is 3.78. The minimum atomic E-state index is -0.999. The van der Waals surface area contributed by atoms with E-state index in [4.69, 9.17) is 11.6 Å². The second kappa shape index (κ2) is 5.16. The Morgan fingerprint density at radius 2 is 2.22 bits per heavy atom. The van der Waals surface area contributed by atoms with Gasteiger partial charge in [0.25, 0.3) is 0 Å². The fourth-order valence-electron chi connectivity index (χ4n) is 2.22. The highest BCUT2D eigenvalue weighted by Crippen LogP contribution is 2.28. The van der Waals surface area contributed by atoms with Crippen LogP contribution in [0.3, 0.4) is 0 Å². The summed E-state index contributed by atoms with van der Waals surface area (Å²) in [5.74, 6) is -0.748. The summed E-state index contributed by atoms with van der Waals surface area (Å²) in [4.78, 5) is 13.1. The summed E-state index contributed by atoms with van der Waals surface area (Å²) in [6, 6.07) is 4.83. The summed E-state index contributed by atoms with van der Waals surface area (Å²) < 4.78 is 0. The molecule has 0 saturated carbocycles. The average Bonchev–Trinajstić information content (AvgIpc) is 2.32. The number of nitrogens with zero attached hydrogens (tertiary/aromatic N) is 1. The van der Waals surface area contributed by atoms with Gasteiger partial charge < -0.3 is 15.1 Å². The molecule has 2 unspecified atom stereocenters. The second-order valence-corrected chi connectivity index (χ2v) is 5.18. The normalized spacial score (nSPS) is 24.1. The molecule has 1 aromatic carbocycles. The minimum absolute atomic E-state index is 0.184. The zero-order chi connectivity index (χ0) is 13.3. The Hall–Kier alpha value is -1.26. The number of aromatic carboxylic acids is 1. The lowest BCUT2D eigenvalue weighted by atomic mass is 9.95. The van der Waals surface area contributed by atoms with E-state index in [2.05, 4.69) is 0 Å². The molecule has 0 aliphatic carbocycles. The molecule has 1 aromatic rings. The van der Waals surface area contributed by atoms with Crippen molar-refractivity contribution in [3.8, 4) is 0 Å². The molecule has 18 heavy (non-hydrogen) atoms. The number of hydrogen-bond acceptors (Lipinski definition) is 3. The van der Waals surface area contributed by atoms with Crippen LogP contribution in [0.1, 0.15) is 23.7 Å². The van der Waals surface area contributed by atoms with Crippen LogP contribution in [0.25, 0.3) is 0 Å². The topological polar surface area (TPSA) is 60.8 Å². The predicted molar refractivity (Wildman–Crippen MR) is 70.4 cm³/mol. The monoisotopic (exact) mass is 269 g/mol. The van der Waals surface area contributed by atoms with Crippen LogP contribution in [0.2, 0.25) is 5.02 Å². The molecule has 0 aromatic heterocycles. The van der Waals surface area contributed by atoms with Crippen LogP contribution in [0, 0.1) is 5.92 Å². The van der Waals surface area contributed by atoms with Gasteiger partial charge in [0.05, 0.1) is 17.4 Å². The zero-order valence-electron chi connectivity index (χ0n) is 10.1. The molecule has 1 saturated heterocycles. The summed E-state index contributed by atoms with van der Waals surface area (Å²) in [7, 11) is 0. The lowest BCUT2D eigenvalue weighted by molar-refractivity contribution is 0.0695. The number of β-amino-alcohol motifs (C(OH)–C–C–N with tert-alkyl or cyclic N) is 1. The number of carboxylic acids is 1. The molecule has 1 aliphatic heterocycles. The Morgan fingerprint density at radius 1 is 1.50 bits per heavy atom. The van der Waals surface area contributed by atoms with Gasteiger partial charge in [0, 0.05) is 18.1 Å². The van der Waals surface area contributed by atoms with Crippen LogP contribution in [0.4, 0.5) is 5.69 Å². The summed E-state index contributed by atoms with van der Waals surface area (Å²) in [6.45, 7) is 3.21. The van der Waals surface area contributed by atoms with Crippen LogP contribution in [0.15, 0.2) is 18.2 Å². The number of aliphatic hydroxyl groups excluding tert-OH is 1. The SMILES string of the molecule is CC1CCN(c2ccc(Cl)cc2C(=O)O)CC1O. The average molecular weight is 270 g/mol. The third-order valence-electron chi connectivity index (χ3n) is 3.45. The molecule has 1 aliphatic rings. The van der Waals surface area contributed by atoms with E-state index in [0.717, 1.165) is 13.0 Å². The third kappa shape index (κ3) is 2.60. The molecule has 1 heterocycles. The molecule has 4 nitrogen and oxygen atoms in total. The highest BCUT2D eigenvalue weighted by molar-refractivity contribution is 6.31. The summed E-state index contributed by atoms with van der Waals surface area (Å²) in [5, 5.41) is 19.5. The fourth-order valence-corrected chi connectivity index (χ4v) is 2.40.